The van der Waals surface area contributed by atoms with Crippen molar-refractivity contribution in [2.75, 3.05) is 5.32 Å². The number of anilines is 1. The Morgan fingerprint density at radius 3 is 2.50 bits per heavy atom. The van der Waals surface area contributed by atoms with Crippen molar-refractivity contribution in [1.29, 1.82) is 0 Å². The molecule has 1 N–H and O–H groups in total. The molecule has 124 valence electrons. The number of carbonyl (C=O) groups excluding carboxylic acids is 1. The van der Waals surface area contributed by atoms with Crippen molar-refractivity contribution in [3.63, 3.8) is 0 Å². The highest BCUT2D eigenvalue weighted by Gasteiger charge is 2.19. The first-order valence-corrected chi connectivity index (χ1v) is 7.97. The van der Waals surface area contributed by atoms with E-state index in [0.29, 0.717) is 22.1 Å². The molecule has 0 fully saturated rings. The van der Waals surface area contributed by atoms with E-state index in [2.05, 4.69) is 27.5 Å². The molecule has 0 aliphatic heterocycles. The number of hydrogen-bond donors (Lipinski definition) is 1. The van der Waals surface area contributed by atoms with Gasteiger partial charge in [0.05, 0.1) is 5.69 Å². The highest BCUT2D eigenvalue weighted by atomic mass is 35.5. The van der Waals surface area contributed by atoms with Crippen molar-refractivity contribution in [2.24, 2.45) is 0 Å². The van der Waals surface area contributed by atoms with Gasteiger partial charge in [-0.25, -0.2) is 0 Å². The summed E-state index contributed by atoms with van der Waals surface area (Å²) in [4.78, 5) is 12.5. The Balaban J connectivity index is 1.96. The normalized spacial score (nSPS) is 10.8. The molecule has 3 rings (SSSR count). The molecule has 0 aliphatic rings. The quantitative estimate of drug-likeness (QED) is 0.771. The summed E-state index contributed by atoms with van der Waals surface area (Å²) < 4.78 is 3.55. The number of aryl methyl sites for hydroxylation is 1. The van der Waals surface area contributed by atoms with Gasteiger partial charge in [0.2, 0.25) is 0 Å². The van der Waals surface area contributed by atoms with Crippen molar-refractivity contribution < 1.29 is 4.79 Å². The van der Waals surface area contributed by atoms with Gasteiger partial charge in [-0.2, -0.15) is 5.10 Å². The molecule has 0 bridgehead atoms. The summed E-state index contributed by atoms with van der Waals surface area (Å²) >= 11 is 5.87. The second-order valence-electron chi connectivity index (χ2n) is 5.34. The van der Waals surface area contributed by atoms with Crippen LogP contribution in [-0.4, -0.2) is 30.5 Å². The SMILES string of the molecule is CCCn1nc(-n2cnnc2)c(NC(=O)c2ccc(Cl)cc2)c1C. The average Bonchev–Trinajstić information content (AvgIpc) is 3.19. The Hall–Kier alpha value is -2.67. The molecule has 3 aromatic rings. The number of nitrogens with one attached hydrogen (secondary N) is 1. The van der Waals surface area contributed by atoms with Crippen LogP contribution >= 0.6 is 11.6 Å². The predicted octanol–water partition coefficient (Wildman–Crippen LogP) is 3.09. The highest BCUT2D eigenvalue weighted by Crippen LogP contribution is 2.25. The first-order chi connectivity index (χ1) is 11.6. The van der Waals surface area contributed by atoms with E-state index in [4.69, 9.17) is 11.6 Å². The van der Waals surface area contributed by atoms with Crippen LogP contribution in [0.2, 0.25) is 5.02 Å². The summed E-state index contributed by atoms with van der Waals surface area (Å²) in [5.74, 6) is 0.369. The zero-order valence-electron chi connectivity index (χ0n) is 13.4. The minimum absolute atomic E-state index is 0.222. The first-order valence-electron chi connectivity index (χ1n) is 7.59. The Bertz CT molecular complexity index is 838. The fraction of sp³-hybridized carbons (Fsp3) is 0.250. The Morgan fingerprint density at radius 2 is 1.88 bits per heavy atom. The van der Waals surface area contributed by atoms with E-state index in [1.54, 1.807) is 41.5 Å². The molecule has 0 unspecified atom stereocenters. The molecule has 24 heavy (non-hydrogen) atoms. The number of amides is 1. The molecule has 0 aliphatic carbocycles. The van der Waals surface area contributed by atoms with E-state index in [1.807, 2.05) is 11.6 Å². The topological polar surface area (TPSA) is 77.6 Å². The highest BCUT2D eigenvalue weighted by molar-refractivity contribution is 6.30. The second kappa shape index (κ2) is 6.84. The Labute approximate surface area is 144 Å². The number of benzene rings is 1. The van der Waals surface area contributed by atoms with E-state index in [1.165, 1.54) is 0 Å². The number of rotatable bonds is 5. The fourth-order valence-corrected chi connectivity index (χ4v) is 2.51. The first kappa shape index (κ1) is 16.2. The molecule has 0 radical (unpaired) electrons. The standard InChI is InChI=1S/C16H17ClN6O/c1-3-8-23-11(2)14(15(21-23)22-9-18-19-10-22)20-16(24)12-4-6-13(17)7-5-12/h4-7,9-10H,3,8H2,1-2H3,(H,20,24). The number of aromatic nitrogens is 5. The second-order valence-corrected chi connectivity index (χ2v) is 5.77. The molecule has 1 amide bonds. The van der Waals surface area contributed by atoms with Gasteiger partial charge in [0, 0.05) is 17.1 Å². The van der Waals surface area contributed by atoms with Crippen molar-refractivity contribution in [3.8, 4) is 5.82 Å². The molecule has 2 aromatic heterocycles. The lowest BCUT2D eigenvalue weighted by Crippen LogP contribution is -2.14. The summed E-state index contributed by atoms with van der Waals surface area (Å²) in [6, 6.07) is 6.73. The van der Waals surface area contributed by atoms with Gasteiger partial charge >= 0.3 is 0 Å². The number of nitrogens with zero attached hydrogens (tertiary/aromatic N) is 5. The lowest BCUT2D eigenvalue weighted by Gasteiger charge is -2.07. The predicted molar refractivity (Wildman–Crippen MR) is 91.6 cm³/mol. The number of hydrogen-bond acceptors (Lipinski definition) is 4. The van der Waals surface area contributed by atoms with E-state index < -0.39 is 0 Å². The van der Waals surface area contributed by atoms with Crippen LogP contribution < -0.4 is 5.32 Å². The molecule has 2 heterocycles. The van der Waals surface area contributed by atoms with Gasteiger partial charge in [-0.1, -0.05) is 18.5 Å². The third kappa shape index (κ3) is 3.16. The lowest BCUT2D eigenvalue weighted by atomic mass is 10.2. The number of halogens is 1. The van der Waals surface area contributed by atoms with Gasteiger partial charge in [0.1, 0.15) is 18.3 Å². The van der Waals surface area contributed by atoms with Crippen LogP contribution in [0.1, 0.15) is 29.4 Å². The van der Waals surface area contributed by atoms with Crippen molar-refractivity contribution >= 4 is 23.2 Å². The van der Waals surface area contributed by atoms with E-state index in [9.17, 15) is 4.79 Å². The Kier molecular flexibility index (Phi) is 4.61. The third-order valence-electron chi connectivity index (χ3n) is 3.63. The van der Waals surface area contributed by atoms with Crippen LogP contribution in [0, 0.1) is 6.92 Å². The van der Waals surface area contributed by atoms with Gasteiger partial charge in [0.25, 0.3) is 5.91 Å². The molecule has 8 heteroatoms. The summed E-state index contributed by atoms with van der Waals surface area (Å²) in [5.41, 5.74) is 2.04. The maximum atomic E-state index is 12.5. The monoisotopic (exact) mass is 344 g/mol. The lowest BCUT2D eigenvalue weighted by molar-refractivity contribution is 0.102. The van der Waals surface area contributed by atoms with Gasteiger partial charge < -0.3 is 5.32 Å². The Morgan fingerprint density at radius 1 is 1.21 bits per heavy atom. The van der Waals surface area contributed by atoms with Gasteiger partial charge in [0.15, 0.2) is 5.82 Å². The summed E-state index contributed by atoms with van der Waals surface area (Å²) in [7, 11) is 0. The van der Waals surface area contributed by atoms with Crippen LogP contribution in [0.5, 0.6) is 0 Å². The zero-order valence-corrected chi connectivity index (χ0v) is 14.2. The smallest absolute Gasteiger partial charge is 0.255 e. The van der Waals surface area contributed by atoms with Gasteiger partial charge in [-0.3, -0.25) is 14.0 Å². The van der Waals surface area contributed by atoms with Crippen LogP contribution in [0.25, 0.3) is 5.82 Å². The maximum Gasteiger partial charge on any atom is 0.255 e. The molecule has 0 atom stereocenters. The molecular weight excluding hydrogens is 328 g/mol. The summed E-state index contributed by atoms with van der Waals surface area (Å²) in [6.45, 7) is 4.76. The van der Waals surface area contributed by atoms with Crippen molar-refractivity contribution in [1.82, 2.24) is 24.5 Å². The van der Waals surface area contributed by atoms with E-state index in [-0.39, 0.29) is 5.91 Å². The molecule has 0 saturated carbocycles. The molecule has 7 nitrogen and oxygen atoms in total. The fourth-order valence-electron chi connectivity index (χ4n) is 2.38. The average molecular weight is 345 g/mol. The van der Waals surface area contributed by atoms with E-state index in [0.717, 1.165) is 18.7 Å². The summed E-state index contributed by atoms with van der Waals surface area (Å²) in [5, 5.41) is 15.7. The molecule has 0 spiro atoms. The van der Waals surface area contributed by atoms with Crippen LogP contribution in [0.15, 0.2) is 36.9 Å². The molecular formula is C16H17ClN6O. The number of carbonyl (C=O) groups is 1. The van der Waals surface area contributed by atoms with Crippen molar-refractivity contribution in [2.45, 2.75) is 26.8 Å². The molecule has 1 aromatic carbocycles. The minimum atomic E-state index is -0.222. The largest absolute Gasteiger partial charge is 0.317 e. The zero-order chi connectivity index (χ0) is 17.1. The minimum Gasteiger partial charge on any atom is -0.317 e. The van der Waals surface area contributed by atoms with Crippen LogP contribution in [-0.2, 0) is 6.54 Å². The third-order valence-corrected chi connectivity index (χ3v) is 3.88. The van der Waals surface area contributed by atoms with Crippen LogP contribution in [0.3, 0.4) is 0 Å². The summed E-state index contributed by atoms with van der Waals surface area (Å²) in [6.07, 6.45) is 4.04. The molecule has 0 saturated heterocycles. The van der Waals surface area contributed by atoms with Gasteiger partial charge in [-0.05, 0) is 37.6 Å². The maximum absolute atomic E-state index is 12.5. The van der Waals surface area contributed by atoms with E-state index >= 15 is 0 Å². The van der Waals surface area contributed by atoms with Crippen LogP contribution in [0.4, 0.5) is 5.69 Å². The van der Waals surface area contributed by atoms with Gasteiger partial charge in [-0.15, -0.1) is 10.2 Å². The van der Waals surface area contributed by atoms with Crippen molar-refractivity contribution in [3.05, 3.63) is 53.2 Å².